The molecule has 76 valence electrons. The average molecular weight is 185 g/mol. The zero-order valence-electron chi connectivity index (χ0n) is 8.33. The number of nitrogens with zero attached hydrogens (tertiary/aromatic N) is 1. The summed E-state index contributed by atoms with van der Waals surface area (Å²) in [5.74, 6) is 0.119. The Kier molecular flexibility index (Phi) is 4.22. The molecule has 0 aromatic rings. The number of piperidine rings is 1. The summed E-state index contributed by atoms with van der Waals surface area (Å²) in [6.07, 6.45) is 3.99. The highest BCUT2D eigenvalue weighted by molar-refractivity contribution is 5.76. The lowest BCUT2D eigenvalue weighted by atomic mass is 10.1. The third-order valence-electron chi connectivity index (χ3n) is 2.59. The maximum Gasteiger partial charge on any atom is 0.225 e. The van der Waals surface area contributed by atoms with Crippen LogP contribution in [0, 0.1) is 0 Å². The molecule has 1 N–H and O–H groups in total. The van der Waals surface area contributed by atoms with Crippen LogP contribution in [0.2, 0.25) is 0 Å². The molecule has 1 rings (SSSR count). The standard InChI is InChI=1S/C10H19NO2/c1-2-9(12)8-10(13)11-6-4-3-5-7-11/h9,12H,2-8H2,1H3. The highest BCUT2D eigenvalue weighted by Gasteiger charge is 2.18. The third kappa shape index (κ3) is 3.35. The van der Waals surface area contributed by atoms with Crippen LogP contribution in [0.1, 0.15) is 39.0 Å². The molecule has 1 saturated heterocycles. The van der Waals surface area contributed by atoms with Gasteiger partial charge in [0.25, 0.3) is 0 Å². The predicted octanol–water partition coefficient (Wildman–Crippen LogP) is 1.16. The van der Waals surface area contributed by atoms with Gasteiger partial charge < -0.3 is 10.0 Å². The number of likely N-dealkylation sites (tertiary alicyclic amines) is 1. The molecule has 1 fully saturated rings. The summed E-state index contributed by atoms with van der Waals surface area (Å²) in [5, 5.41) is 9.31. The monoisotopic (exact) mass is 185 g/mol. The van der Waals surface area contributed by atoms with E-state index in [9.17, 15) is 9.90 Å². The van der Waals surface area contributed by atoms with E-state index >= 15 is 0 Å². The zero-order valence-corrected chi connectivity index (χ0v) is 8.33. The average Bonchev–Trinajstić information content (AvgIpc) is 2.19. The minimum atomic E-state index is -0.450. The van der Waals surface area contributed by atoms with E-state index in [1.807, 2.05) is 11.8 Å². The van der Waals surface area contributed by atoms with Crippen molar-refractivity contribution in [2.24, 2.45) is 0 Å². The summed E-state index contributed by atoms with van der Waals surface area (Å²) < 4.78 is 0. The van der Waals surface area contributed by atoms with Gasteiger partial charge in [-0.25, -0.2) is 0 Å². The van der Waals surface area contributed by atoms with Gasteiger partial charge in [-0.2, -0.15) is 0 Å². The molecule has 1 unspecified atom stereocenters. The highest BCUT2D eigenvalue weighted by atomic mass is 16.3. The van der Waals surface area contributed by atoms with Crippen LogP contribution in [0.4, 0.5) is 0 Å². The normalized spacial score (nSPS) is 20.0. The highest BCUT2D eigenvalue weighted by Crippen LogP contribution is 2.11. The van der Waals surface area contributed by atoms with Gasteiger partial charge in [-0.1, -0.05) is 6.92 Å². The SMILES string of the molecule is CCC(O)CC(=O)N1CCCCC1. The van der Waals surface area contributed by atoms with E-state index in [-0.39, 0.29) is 5.91 Å². The molecule has 0 saturated carbocycles. The Hall–Kier alpha value is -0.570. The van der Waals surface area contributed by atoms with Crippen LogP contribution in [0.5, 0.6) is 0 Å². The molecular formula is C10H19NO2. The van der Waals surface area contributed by atoms with Crippen molar-refractivity contribution in [3.63, 3.8) is 0 Å². The van der Waals surface area contributed by atoms with E-state index in [0.29, 0.717) is 12.8 Å². The van der Waals surface area contributed by atoms with Gasteiger partial charge in [0.05, 0.1) is 12.5 Å². The molecule has 3 heteroatoms. The number of rotatable bonds is 3. The molecule has 0 aliphatic carbocycles. The fraction of sp³-hybridized carbons (Fsp3) is 0.900. The summed E-state index contributed by atoms with van der Waals surface area (Å²) in [4.78, 5) is 13.4. The fourth-order valence-corrected chi connectivity index (χ4v) is 1.62. The van der Waals surface area contributed by atoms with Crippen molar-refractivity contribution in [3.05, 3.63) is 0 Å². The molecule has 13 heavy (non-hydrogen) atoms. The number of amides is 1. The van der Waals surface area contributed by atoms with Gasteiger partial charge >= 0.3 is 0 Å². The number of carbonyl (C=O) groups excluding carboxylic acids is 1. The van der Waals surface area contributed by atoms with Crippen LogP contribution in [0.15, 0.2) is 0 Å². The maximum absolute atomic E-state index is 11.5. The molecule has 3 nitrogen and oxygen atoms in total. The molecule has 0 aromatic carbocycles. The van der Waals surface area contributed by atoms with E-state index in [1.54, 1.807) is 0 Å². The van der Waals surface area contributed by atoms with Gasteiger partial charge in [-0.15, -0.1) is 0 Å². The second-order valence-corrected chi connectivity index (χ2v) is 3.71. The second kappa shape index (κ2) is 5.22. The summed E-state index contributed by atoms with van der Waals surface area (Å²) in [7, 11) is 0. The Morgan fingerprint density at radius 3 is 2.54 bits per heavy atom. The second-order valence-electron chi connectivity index (χ2n) is 3.71. The van der Waals surface area contributed by atoms with Crippen LogP contribution in [-0.4, -0.2) is 35.1 Å². The maximum atomic E-state index is 11.5. The minimum absolute atomic E-state index is 0.119. The van der Waals surface area contributed by atoms with Crippen molar-refractivity contribution >= 4 is 5.91 Å². The van der Waals surface area contributed by atoms with Crippen LogP contribution in [-0.2, 0) is 4.79 Å². The lowest BCUT2D eigenvalue weighted by Crippen LogP contribution is -2.37. The predicted molar refractivity (Wildman–Crippen MR) is 51.3 cm³/mol. The molecule has 1 amide bonds. The Bertz CT molecular complexity index is 164. The summed E-state index contributed by atoms with van der Waals surface area (Å²) >= 11 is 0. The van der Waals surface area contributed by atoms with E-state index < -0.39 is 6.10 Å². The lowest BCUT2D eigenvalue weighted by molar-refractivity contribution is -0.134. The van der Waals surface area contributed by atoms with Crippen molar-refractivity contribution in [3.8, 4) is 0 Å². The Morgan fingerprint density at radius 2 is 2.00 bits per heavy atom. The number of aliphatic hydroxyl groups is 1. The summed E-state index contributed by atoms with van der Waals surface area (Å²) in [5.41, 5.74) is 0. The van der Waals surface area contributed by atoms with Gasteiger partial charge in [0.15, 0.2) is 0 Å². The van der Waals surface area contributed by atoms with Gasteiger partial charge in [0.1, 0.15) is 0 Å². The lowest BCUT2D eigenvalue weighted by Gasteiger charge is -2.27. The van der Waals surface area contributed by atoms with Gasteiger partial charge in [0, 0.05) is 13.1 Å². The van der Waals surface area contributed by atoms with E-state index in [1.165, 1.54) is 6.42 Å². The van der Waals surface area contributed by atoms with Crippen molar-refractivity contribution in [2.45, 2.75) is 45.1 Å². The minimum Gasteiger partial charge on any atom is -0.393 e. The van der Waals surface area contributed by atoms with Crippen LogP contribution in [0.25, 0.3) is 0 Å². The van der Waals surface area contributed by atoms with Gasteiger partial charge in [-0.3, -0.25) is 4.79 Å². The summed E-state index contributed by atoms with van der Waals surface area (Å²) in [6.45, 7) is 3.67. The zero-order chi connectivity index (χ0) is 9.68. The van der Waals surface area contributed by atoms with Gasteiger partial charge in [-0.05, 0) is 25.7 Å². The topological polar surface area (TPSA) is 40.5 Å². The first-order valence-electron chi connectivity index (χ1n) is 5.20. The number of carbonyl (C=O) groups is 1. The molecule has 0 spiro atoms. The Balaban J connectivity index is 2.29. The Morgan fingerprint density at radius 1 is 1.38 bits per heavy atom. The molecule has 0 radical (unpaired) electrons. The van der Waals surface area contributed by atoms with Crippen molar-refractivity contribution in [1.29, 1.82) is 0 Å². The van der Waals surface area contributed by atoms with Crippen LogP contribution < -0.4 is 0 Å². The quantitative estimate of drug-likeness (QED) is 0.716. The first kappa shape index (κ1) is 10.5. The molecule has 0 bridgehead atoms. The molecule has 1 heterocycles. The number of aliphatic hydroxyl groups excluding tert-OH is 1. The fourth-order valence-electron chi connectivity index (χ4n) is 1.62. The van der Waals surface area contributed by atoms with E-state index in [4.69, 9.17) is 0 Å². The number of hydrogen-bond acceptors (Lipinski definition) is 2. The van der Waals surface area contributed by atoms with Gasteiger partial charge in [0.2, 0.25) is 5.91 Å². The van der Waals surface area contributed by atoms with Crippen molar-refractivity contribution in [1.82, 2.24) is 4.90 Å². The molecule has 1 aliphatic heterocycles. The van der Waals surface area contributed by atoms with E-state index in [2.05, 4.69) is 0 Å². The van der Waals surface area contributed by atoms with Crippen molar-refractivity contribution < 1.29 is 9.90 Å². The first-order valence-corrected chi connectivity index (χ1v) is 5.20. The van der Waals surface area contributed by atoms with Crippen LogP contribution >= 0.6 is 0 Å². The molecule has 1 atom stereocenters. The van der Waals surface area contributed by atoms with Crippen molar-refractivity contribution in [2.75, 3.05) is 13.1 Å². The smallest absolute Gasteiger partial charge is 0.225 e. The first-order chi connectivity index (χ1) is 6.24. The molecule has 0 aromatic heterocycles. The van der Waals surface area contributed by atoms with Crippen LogP contribution in [0.3, 0.4) is 0 Å². The molecule has 1 aliphatic rings. The molecular weight excluding hydrogens is 166 g/mol. The summed E-state index contributed by atoms with van der Waals surface area (Å²) in [6, 6.07) is 0. The number of hydrogen-bond donors (Lipinski definition) is 1. The Labute approximate surface area is 79.7 Å². The largest absolute Gasteiger partial charge is 0.393 e. The van der Waals surface area contributed by atoms with E-state index in [0.717, 1.165) is 25.9 Å². The third-order valence-corrected chi connectivity index (χ3v) is 2.59.